The molecule has 2 aromatic rings. The molecule has 1 fully saturated rings. The molecule has 1 N–H and O–H groups in total. The fraction of sp³-hybridized carbons (Fsp3) is 0.400. The van der Waals surface area contributed by atoms with Gasteiger partial charge in [0.25, 0.3) is 0 Å². The van der Waals surface area contributed by atoms with E-state index in [2.05, 4.69) is 29.3 Å². The lowest BCUT2D eigenvalue weighted by Crippen LogP contribution is -2.45. The van der Waals surface area contributed by atoms with E-state index in [0.717, 1.165) is 55.9 Å². The van der Waals surface area contributed by atoms with Gasteiger partial charge in [0, 0.05) is 32.2 Å². The van der Waals surface area contributed by atoms with Gasteiger partial charge in [-0.25, -0.2) is 0 Å². The van der Waals surface area contributed by atoms with Crippen molar-refractivity contribution in [2.24, 2.45) is 0 Å². The Kier molecular flexibility index (Phi) is 7.09. The Morgan fingerprint density at radius 1 is 0.923 bits per heavy atom. The zero-order valence-corrected chi connectivity index (χ0v) is 15.5. The smallest absolute Gasteiger partial charge is 0.314 e. The van der Waals surface area contributed by atoms with Crippen molar-refractivity contribution in [2.75, 3.05) is 26.2 Å². The van der Waals surface area contributed by atoms with Gasteiger partial charge in [0.15, 0.2) is 0 Å². The van der Waals surface area contributed by atoms with Crippen LogP contribution >= 0.6 is 12.4 Å². The van der Waals surface area contributed by atoms with Crippen molar-refractivity contribution in [3.8, 4) is 11.1 Å². The molecular formula is C20H24ClF3N2. The summed E-state index contributed by atoms with van der Waals surface area (Å²) in [5.74, 6) is 0. The molecule has 0 saturated carbocycles. The molecule has 0 aromatic heterocycles. The molecule has 6 heteroatoms. The molecule has 2 aromatic carbocycles. The van der Waals surface area contributed by atoms with Gasteiger partial charge in [-0.2, -0.15) is 13.2 Å². The standard InChI is InChI=1S/C20H23F3N2.ClH/c1-2-19(25-13-11-24-12-14-25)17-5-3-15(4-6-17)16-7-9-18(10-8-16)20(21,22)23;/h3-10,19,24H,2,11-14H2,1H3;1H/t19-;/m1./s1. The molecule has 1 heterocycles. The van der Waals surface area contributed by atoms with Crippen LogP contribution in [0.15, 0.2) is 48.5 Å². The highest BCUT2D eigenvalue weighted by atomic mass is 35.5. The first-order valence-corrected chi connectivity index (χ1v) is 8.71. The quantitative estimate of drug-likeness (QED) is 0.784. The predicted molar refractivity (Wildman–Crippen MR) is 102 cm³/mol. The largest absolute Gasteiger partial charge is 0.416 e. The lowest BCUT2D eigenvalue weighted by Gasteiger charge is -2.34. The SMILES string of the molecule is CC[C@H](c1ccc(-c2ccc(C(F)(F)F)cc2)cc1)N1CCNCC1.Cl. The summed E-state index contributed by atoms with van der Waals surface area (Å²) in [5.41, 5.74) is 2.39. The number of hydrogen-bond donors (Lipinski definition) is 1. The summed E-state index contributed by atoms with van der Waals surface area (Å²) in [7, 11) is 0. The maximum Gasteiger partial charge on any atom is 0.416 e. The van der Waals surface area contributed by atoms with Crippen molar-refractivity contribution in [3.63, 3.8) is 0 Å². The average Bonchev–Trinajstić information content (AvgIpc) is 2.63. The molecule has 2 nitrogen and oxygen atoms in total. The van der Waals surface area contributed by atoms with Crippen LogP contribution in [0, 0.1) is 0 Å². The topological polar surface area (TPSA) is 15.3 Å². The van der Waals surface area contributed by atoms with Gasteiger partial charge in [0.05, 0.1) is 5.56 Å². The van der Waals surface area contributed by atoms with E-state index in [1.807, 2.05) is 12.1 Å². The molecule has 1 saturated heterocycles. The van der Waals surface area contributed by atoms with E-state index in [4.69, 9.17) is 0 Å². The molecule has 1 atom stereocenters. The van der Waals surface area contributed by atoms with Crippen molar-refractivity contribution in [1.29, 1.82) is 0 Å². The van der Waals surface area contributed by atoms with Gasteiger partial charge in [-0.05, 0) is 35.2 Å². The third-order valence-electron chi connectivity index (χ3n) is 4.82. The van der Waals surface area contributed by atoms with Crippen molar-refractivity contribution < 1.29 is 13.2 Å². The molecule has 0 aliphatic carbocycles. The Balaban J connectivity index is 0.00000243. The van der Waals surface area contributed by atoms with Crippen LogP contribution in [-0.2, 0) is 6.18 Å². The lowest BCUT2D eigenvalue weighted by molar-refractivity contribution is -0.137. The number of hydrogen-bond acceptors (Lipinski definition) is 2. The number of alkyl halides is 3. The Morgan fingerprint density at radius 2 is 1.42 bits per heavy atom. The van der Waals surface area contributed by atoms with E-state index >= 15 is 0 Å². The number of halogens is 4. The van der Waals surface area contributed by atoms with Crippen molar-refractivity contribution in [1.82, 2.24) is 10.2 Å². The highest BCUT2D eigenvalue weighted by molar-refractivity contribution is 5.85. The second-order valence-electron chi connectivity index (χ2n) is 6.41. The Hall–Kier alpha value is -1.56. The highest BCUT2D eigenvalue weighted by Gasteiger charge is 2.30. The van der Waals surface area contributed by atoms with Crippen LogP contribution in [0.1, 0.15) is 30.5 Å². The molecule has 142 valence electrons. The summed E-state index contributed by atoms with van der Waals surface area (Å²) < 4.78 is 38.0. The lowest BCUT2D eigenvalue weighted by atomic mass is 9.97. The first-order chi connectivity index (χ1) is 12.0. The number of piperazine rings is 1. The maximum atomic E-state index is 12.7. The van der Waals surface area contributed by atoms with Crippen LogP contribution in [0.5, 0.6) is 0 Å². The van der Waals surface area contributed by atoms with E-state index in [-0.39, 0.29) is 12.4 Å². The molecule has 26 heavy (non-hydrogen) atoms. The third kappa shape index (κ3) is 4.78. The van der Waals surface area contributed by atoms with Gasteiger partial charge < -0.3 is 5.32 Å². The summed E-state index contributed by atoms with van der Waals surface area (Å²) >= 11 is 0. The van der Waals surface area contributed by atoms with Gasteiger partial charge in [-0.1, -0.05) is 43.3 Å². The predicted octanol–water partition coefficient (Wildman–Crippen LogP) is 5.15. The molecule has 0 bridgehead atoms. The minimum Gasteiger partial charge on any atom is -0.314 e. The summed E-state index contributed by atoms with van der Waals surface area (Å²) in [4.78, 5) is 2.49. The molecule has 0 spiro atoms. The van der Waals surface area contributed by atoms with Gasteiger partial charge in [-0.15, -0.1) is 12.4 Å². The fourth-order valence-electron chi connectivity index (χ4n) is 3.45. The van der Waals surface area contributed by atoms with Crippen LogP contribution in [0.4, 0.5) is 13.2 Å². The van der Waals surface area contributed by atoms with Crippen LogP contribution in [-0.4, -0.2) is 31.1 Å². The third-order valence-corrected chi connectivity index (χ3v) is 4.82. The normalized spacial score (nSPS) is 16.8. The van der Waals surface area contributed by atoms with Gasteiger partial charge >= 0.3 is 6.18 Å². The van der Waals surface area contributed by atoms with Crippen LogP contribution < -0.4 is 5.32 Å². The number of nitrogens with one attached hydrogen (secondary N) is 1. The summed E-state index contributed by atoms with van der Waals surface area (Å²) in [5, 5.41) is 3.37. The number of benzene rings is 2. The van der Waals surface area contributed by atoms with E-state index in [9.17, 15) is 13.2 Å². The van der Waals surface area contributed by atoms with Crippen LogP contribution in [0.25, 0.3) is 11.1 Å². The van der Waals surface area contributed by atoms with Crippen molar-refractivity contribution in [3.05, 3.63) is 59.7 Å². The number of nitrogens with zero attached hydrogens (tertiary/aromatic N) is 1. The zero-order chi connectivity index (χ0) is 17.9. The molecule has 0 amide bonds. The summed E-state index contributed by atoms with van der Waals surface area (Å²) in [6, 6.07) is 13.9. The average molecular weight is 385 g/mol. The van der Waals surface area contributed by atoms with Gasteiger partial charge in [0.1, 0.15) is 0 Å². The Labute approximate surface area is 158 Å². The summed E-state index contributed by atoms with van der Waals surface area (Å²) in [6.07, 6.45) is -3.25. The first-order valence-electron chi connectivity index (χ1n) is 8.71. The van der Waals surface area contributed by atoms with E-state index in [1.54, 1.807) is 0 Å². The molecule has 1 aliphatic rings. The second kappa shape index (κ2) is 8.89. The second-order valence-corrected chi connectivity index (χ2v) is 6.41. The van der Waals surface area contributed by atoms with Gasteiger partial charge in [-0.3, -0.25) is 4.90 Å². The van der Waals surface area contributed by atoms with E-state index in [1.165, 1.54) is 17.7 Å². The van der Waals surface area contributed by atoms with Crippen LogP contribution in [0.2, 0.25) is 0 Å². The van der Waals surface area contributed by atoms with E-state index < -0.39 is 11.7 Å². The molecule has 1 aliphatic heterocycles. The molecular weight excluding hydrogens is 361 g/mol. The molecule has 0 unspecified atom stereocenters. The fourth-order valence-corrected chi connectivity index (χ4v) is 3.45. The first kappa shape index (κ1) is 20.7. The Morgan fingerprint density at radius 3 is 1.88 bits per heavy atom. The Bertz CT molecular complexity index is 678. The monoisotopic (exact) mass is 384 g/mol. The van der Waals surface area contributed by atoms with E-state index in [0.29, 0.717) is 6.04 Å². The van der Waals surface area contributed by atoms with Gasteiger partial charge in [0.2, 0.25) is 0 Å². The van der Waals surface area contributed by atoms with Crippen molar-refractivity contribution >= 4 is 12.4 Å². The zero-order valence-electron chi connectivity index (χ0n) is 14.7. The highest BCUT2D eigenvalue weighted by Crippen LogP contribution is 2.32. The minimum absolute atomic E-state index is 0. The molecule has 3 rings (SSSR count). The minimum atomic E-state index is -4.29. The summed E-state index contributed by atoms with van der Waals surface area (Å²) in [6.45, 7) is 6.30. The number of rotatable bonds is 4. The molecule has 0 radical (unpaired) electrons. The maximum absolute atomic E-state index is 12.7. The van der Waals surface area contributed by atoms with Crippen molar-refractivity contribution in [2.45, 2.75) is 25.6 Å². The van der Waals surface area contributed by atoms with Crippen LogP contribution in [0.3, 0.4) is 0 Å².